The van der Waals surface area contributed by atoms with Gasteiger partial charge >= 0.3 is 5.97 Å². The molecule has 0 N–H and O–H groups in total. The number of likely N-dealkylation sites (tertiary alicyclic amines) is 1. The van der Waals surface area contributed by atoms with Crippen LogP contribution in [0.1, 0.15) is 52.8 Å². The second-order valence-electron chi connectivity index (χ2n) is 7.48. The number of nitrogens with zero attached hydrogens (tertiary/aromatic N) is 1. The fraction of sp³-hybridized carbons (Fsp3) is 0.391. The van der Waals surface area contributed by atoms with Gasteiger partial charge in [-0.15, -0.1) is 0 Å². The molecule has 4 rings (SSSR count). The van der Waals surface area contributed by atoms with E-state index in [-0.39, 0.29) is 29.9 Å². The number of carbonyl (C=O) groups excluding carboxylic acids is 2. The van der Waals surface area contributed by atoms with Crippen LogP contribution in [-0.4, -0.2) is 35.5 Å². The molecular weight excluding hydrogens is 338 g/mol. The minimum absolute atomic E-state index is 0.0975. The molecule has 0 spiro atoms. The van der Waals surface area contributed by atoms with Gasteiger partial charge in [-0.1, -0.05) is 49.2 Å². The zero-order valence-corrected chi connectivity index (χ0v) is 15.4. The number of piperidine rings is 1. The summed E-state index contributed by atoms with van der Waals surface area (Å²) in [5.74, 6) is 0.0703. The summed E-state index contributed by atoms with van der Waals surface area (Å²) < 4.78 is 5.90. The van der Waals surface area contributed by atoms with Gasteiger partial charge in [-0.05, 0) is 37.1 Å². The average molecular weight is 363 g/mol. The van der Waals surface area contributed by atoms with E-state index in [1.165, 1.54) is 0 Å². The van der Waals surface area contributed by atoms with E-state index in [0.29, 0.717) is 18.5 Å². The van der Waals surface area contributed by atoms with E-state index < -0.39 is 0 Å². The first kappa shape index (κ1) is 17.8. The molecule has 0 aromatic heterocycles. The molecule has 3 unspecified atom stereocenters. The number of benzene rings is 2. The number of rotatable bonds is 3. The van der Waals surface area contributed by atoms with Gasteiger partial charge in [0.1, 0.15) is 6.10 Å². The lowest BCUT2D eigenvalue weighted by atomic mass is 9.76. The molecule has 2 fully saturated rings. The Morgan fingerprint density at radius 3 is 2.15 bits per heavy atom. The summed E-state index contributed by atoms with van der Waals surface area (Å²) in [6.07, 6.45) is 4.85. The van der Waals surface area contributed by atoms with E-state index >= 15 is 0 Å². The first-order valence-corrected chi connectivity index (χ1v) is 9.86. The van der Waals surface area contributed by atoms with Crippen molar-refractivity contribution in [3.8, 4) is 0 Å². The zero-order valence-electron chi connectivity index (χ0n) is 15.4. The summed E-state index contributed by atoms with van der Waals surface area (Å²) >= 11 is 0. The number of hydrogen-bond donors (Lipinski definition) is 0. The average Bonchev–Trinajstić information content (AvgIpc) is 2.75. The second kappa shape index (κ2) is 7.95. The maximum atomic E-state index is 13.0. The third kappa shape index (κ3) is 3.75. The molecule has 2 aromatic rings. The minimum atomic E-state index is -0.257. The van der Waals surface area contributed by atoms with Crippen LogP contribution in [0.5, 0.6) is 0 Å². The normalized spacial score (nSPS) is 24.7. The Morgan fingerprint density at radius 2 is 1.44 bits per heavy atom. The number of ether oxygens (including phenoxy) is 1. The summed E-state index contributed by atoms with van der Waals surface area (Å²) in [7, 11) is 0. The van der Waals surface area contributed by atoms with Crippen molar-refractivity contribution >= 4 is 11.9 Å². The number of amides is 1. The van der Waals surface area contributed by atoms with Crippen molar-refractivity contribution in [2.75, 3.05) is 6.54 Å². The largest absolute Gasteiger partial charge is 0.458 e. The SMILES string of the molecule is O=C(OC1CCN(C(=O)c2ccccc2)C2CCCCC12)c1ccccc1. The molecule has 1 aliphatic carbocycles. The van der Waals surface area contributed by atoms with Crippen molar-refractivity contribution in [2.45, 2.75) is 44.2 Å². The van der Waals surface area contributed by atoms with Gasteiger partial charge in [0.15, 0.2) is 0 Å². The molecule has 3 atom stereocenters. The summed E-state index contributed by atoms with van der Waals surface area (Å²) in [5.41, 5.74) is 1.33. The Labute approximate surface area is 160 Å². The lowest BCUT2D eigenvalue weighted by Crippen LogP contribution is -2.55. The van der Waals surface area contributed by atoms with Crippen LogP contribution >= 0.6 is 0 Å². The van der Waals surface area contributed by atoms with E-state index in [2.05, 4.69) is 0 Å². The number of fused-ring (bicyclic) bond motifs is 1. The molecule has 1 amide bonds. The van der Waals surface area contributed by atoms with Crippen molar-refractivity contribution in [1.29, 1.82) is 0 Å². The van der Waals surface area contributed by atoms with Gasteiger partial charge in [0, 0.05) is 30.5 Å². The first-order chi connectivity index (χ1) is 13.2. The van der Waals surface area contributed by atoms with Crippen molar-refractivity contribution in [3.63, 3.8) is 0 Å². The van der Waals surface area contributed by atoms with Crippen LogP contribution in [0.25, 0.3) is 0 Å². The third-order valence-electron chi connectivity index (χ3n) is 5.86. The van der Waals surface area contributed by atoms with E-state index in [4.69, 9.17) is 4.74 Å². The van der Waals surface area contributed by atoms with Crippen LogP contribution in [0.4, 0.5) is 0 Å². The van der Waals surface area contributed by atoms with Crippen molar-refractivity contribution in [2.24, 2.45) is 5.92 Å². The fourth-order valence-corrected chi connectivity index (χ4v) is 4.53. The smallest absolute Gasteiger partial charge is 0.338 e. The summed E-state index contributed by atoms with van der Waals surface area (Å²) in [4.78, 5) is 27.6. The Morgan fingerprint density at radius 1 is 0.815 bits per heavy atom. The monoisotopic (exact) mass is 363 g/mol. The second-order valence-corrected chi connectivity index (χ2v) is 7.48. The molecule has 1 saturated carbocycles. The van der Waals surface area contributed by atoms with E-state index in [0.717, 1.165) is 31.2 Å². The van der Waals surface area contributed by atoms with Gasteiger partial charge in [-0.2, -0.15) is 0 Å². The number of esters is 1. The topological polar surface area (TPSA) is 46.6 Å². The third-order valence-corrected chi connectivity index (χ3v) is 5.86. The van der Waals surface area contributed by atoms with Crippen LogP contribution in [0.15, 0.2) is 60.7 Å². The molecule has 0 radical (unpaired) electrons. The van der Waals surface area contributed by atoms with Gasteiger partial charge in [0.25, 0.3) is 5.91 Å². The van der Waals surface area contributed by atoms with Crippen LogP contribution in [0.2, 0.25) is 0 Å². The van der Waals surface area contributed by atoms with E-state index in [9.17, 15) is 9.59 Å². The molecule has 1 saturated heterocycles. The van der Waals surface area contributed by atoms with Gasteiger partial charge in [-0.3, -0.25) is 4.79 Å². The molecule has 27 heavy (non-hydrogen) atoms. The molecule has 0 bridgehead atoms. The van der Waals surface area contributed by atoms with Crippen molar-refractivity contribution in [3.05, 3.63) is 71.8 Å². The Balaban J connectivity index is 1.50. The van der Waals surface area contributed by atoms with Crippen LogP contribution < -0.4 is 0 Å². The van der Waals surface area contributed by atoms with Crippen LogP contribution in [-0.2, 0) is 4.74 Å². The van der Waals surface area contributed by atoms with Gasteiger partial charge in [0.2, 0.25) is 0 Å². The van der Waals surface area contributed by atoms with Crippen LogP contribution in [0, 0.1) is 5.92 Å². The minimum Gasteiger partial charge on any atom is -0.458 e. The molecule has 2 aliphatic rings. The summed E-state index contributed by atoms with van der Waals surface area (Å²) in [5, 5.41) is 0. The molecule has 1 heterocycles. The highest BCUT2D eigenvalue weighted by Crippen LogP contribution is 2.38. The zero-order chi connectivity index (χ0) is 18.6. The van der Waals surface area contributed by atoms with E-state index in [1.807, 2.05) is 53.4 Å². The maximum Gasteiger partial charge on any atom is 0.338 e. The highest BCUT2D eigenvalue weighted by Gasteiger charge is 2.43. The Hall–Kier alpha value is -2.62. The highest BCUT2D eigenvalue weighted by atomic mass is 16.5. The standard InChI is InChI=1S/C23H25NO3/c25-22(17-9-3-1-4-10-17)24-16-15-21(19-13-7-8-14-20(19)24)27-23(26)18-11-5-2-6-12-18/h1-6,9-12,19-21H,7-8,13-16H2. The lowest BCUT2D eigenvalue weighted by Gasteiger charge is -2.47. The molecule has 2 aromatic carbocycles. The predicted molar refractivity (Wildman–Crippen MR) is 103 cm³/mol. The fourth-order valence-electron chi connectivity index (χ4n) is 4.53. The highest BCUT2D eigenvalue weighted by molar-refractivity contribution is 5.94. The predicted octanol–water partition coefficient (Wildman–Crippen LogP) is 4.32. The van der Waals surface area contributed by atoms with Crippen LogP contribution in [0.3, 0.4) is 0 Å². The number of hydrogen-bond acceptors (Lipinski definition) is 3. The summed E-state index contributed by atoms with van der Waals surface area (Å²) in [6.45, 7) is 0.641. The molecule has 1 aliphatic heterocycles. The van der Waals surface area contributed by atoms with Gasteiger partial charge in [-0.25, -0.2) is 4.79 Å². The maximum absolute atomic E-state index is 13.0. The van der Waals surface area contributed by atoms with Crippen molar-refractivity contribution in [1.82, 2.24) is 4.90 Å². The van der Waals surface area contributed by atoms with Gasteiger partial charge in [0.05, 0.1) is 5.56 Å². The van der Waals surface area contributed by atoms with Gasteiger partial charge < -0.3 is 9.64 Å². The lowest BCUT2D eigenvalue weighted by molar-refractivity contribution is -0.0447. The molecular formula is C23H25NO3. The number of carbonyl (C=O) groups is 2. The Bertz CT molecular complexity index is 790. The molecule has 4 nitrogen and oxygen atoms in total. The molecule has 140 valence electrons. The molecule has 4 heteroatoms. The quantitative estimate of drug-likeness (QED) is 0.763. The van der Waals surface area contributed by atoms with Crippen molar-refractivity contribution < 1.29 is 14.3 Å². The first-order valence-electron chi connectivity index (χ1n) is 9.86. The van der Waals surface area contributed by atoms with E-state index in [1.54, 1.807) is 12.1 Å². The summed E-state index contributed by atoms with van der Waals surface area (Å²) in [6, 6.07) is 18.8. The Kier molecular flexibility index (Phi) is 5.23.